The van der Waals surface area contributed by atoms with Crippen molar-refractivity contribution in [2.75, 3.05) is 6.61 Å². The van der Waals surface area contributed by atoms with Gasteiger partial charge in [0.1, 0.15) is 18.3 Å². The Morgan fingerprint density at radius 1 is 1.26 bits per heavy atom. The van der Waals surface area contributed by atoms with Crippen molar-refractivity contribution >= 4 is 0 Å². The highest BCUT2D eigenvalue weighted by molar-refractivity contribution is 5.24. The van der Waals surface area contributed by atoms with Crippen molar-refractivity contribution in [1.29, 1.82) is 0 Å². The van der Waals surface area contributed by atoms with Gasteiger partial charge in [0.25, 0.3) is 0 Å². The van der Waals surface area contributed by atoms with Gasteiger partial charge in [0, 0.05) is 0 Å². The molecule has 1 fully saturated rings. The second-order valence-electron chi connectivity index (χ2n) is 5.24. The van der Waals surface area contributed by atoms with Crippen LogP contribution in [0.2, 0.25) is 0 Å². The molecule has 0 radical (unpaired) electrons. The van der Waals surface area contributed by atoms with Crippen molar-refractivity contribution in [2.24, 2.45) is 0 Å². The standard InChI is InChI=1S/C14H17N3O2/c1-13(2)18-9-14(19-13,8-17-11-15-10-16-17)12-6-4-3-5-7-12/h3-7,10-11H,8-9H2,1-2H3. The summed E-state index contributed by atoms with van der Waals surface area (Å²) in [5.41, 5.74) is 0.578. The normalized spacial score (nSPS) is 25.6. The van der Waals surface area contributed by atoms with E-state index in [4.69, 9.17) is 9.47 Å². The number of nitrogens with zero attached hydrogens (tertiary/aromatic N) is 3. The fourth-order valence-corrected chi connectivity index (χ4v) is 2.45. The van der Waals surface area contributed by atoms with Crippen LogP contribution in [0.5, 0.6) is 0 Å². The van der Waals surface area contributed by atoms with Gasteiger partial charge >= 0.3 is 0 Å². The van der Waals surface area contributed by atoms with E-state index in [-0.39, 0.29) is 0 Å². The smallest absolute Gasteiger partial charge is 0.164 e. The zero-order chi connectivity index (χ0) is 13.3. The minimum Gasteiger partial charge on any atom is -0.347 e. The molecule has 19 heavy (non-hydrogen) atoms. The van der Waals surface area contributed by atoms with Crippen molar-refractivity contribution in [3.8, 4) is 0 Å². The van der Waals surface area contributed by atoms with Gasteiger partial charge in [0.2, 0.25) is 0 Å². The first-order valence-corrected chi connectivity index (χ1v) is 6.32. The summed E-state index contributed by atoms with van der Waals surface area (Å²) in [6, 6.07) is 10.1. The Morgan fingerprint density at radius 2 is 2.05 bits per heavy atom. The number of ether oxygens (including phenoxy) is 2. The number of rotatable bonds is 3. The molecule has 0 N–H and O–H groups in total. The zero-order valence-electron chi connectivity index (χ0n) is 11.1. The maximum atomic E-state index is 6.18. The summed E-state index contributed by atoms with van der Waals surface area (Å²) < 4.78 is 13.7. The third-order valence-corrected chi connectivity index (χ3v) is 3.28. The average molecular weight is 259 g/mol. The Morgan fingerprint density at radius 3 is 2.63 bits per heavy atom. The van der Waals surface area contributed by atoms with Crippen LogP contribution < -0.4 is 0 Å². The van der Waals surface area contributed by atoms with Gasteiger partial charge in [-0.1, -0.05) is 30.3 Å². The number of benzene rings is 1. The van der Waals surface area contributed by atoms with Crippen LogP contribution in [0.3, 0.4) is 0 Å². The fraction of sp³-hybridized carbons (Fsp3) is 0.429. The Kier molecular flexibility index (Phi) is 2.88. The molecule has 5 nitrogen and oxygen atoms in total. The van der Waals surface area contributed by atoms with E-state index in [2.05, 4.69) is 22.2 Å². The van der Waals surface area contributed by atoms with Crippen LogP contribution in [-0.2, 0) is 21.6 Å². The monoisotopic (exact) mass is 259 g/mol. The lowest BCUT2D eigenvalue weighted by Crippen LogP contribution is -2.36. The Hall–Kier alpha value is -1.72. The molecule has 1 unspecified atom stereocenters. The second kappa shape index (κ2) is 4.43. The van der Waals surface area contributed by atoms with E-state index in [1.165, 1.54) is 6.33 Å². The highest BCUT2D eigenvalue weighted by Gasteiger charge is 2.47. The van der Waals surface area contributed by atoms with E-state index in [9.17, 15) is 0 Å². The first-order valence-electron chi connectivity index (χ1n) is 6.32. The van der Waals surface area contributed by atoms with Gasteiger partial charge in [0.05, 0.1) is 13.2 Å². The van der Waals surface area contributed by atoms with E-state index in [1.807, 2.05) is 32.0 Å². The molecule has 1 saturated heterocycles. The summed E-state index contributed by atoms with van der Waals surface area (Å²) in [6.45, 7) is 4.95. The molecule has 2 heterocycles. The lowest BCUT2D eigenvalue weighted by molar-refractivity contribution is -0.167. The van der Waals surface area contributed by atoms with Crippen LogP contribution in [0.4, 0.5) is 0 Å². The summed E-state index contributed by atoms with van der Waals surface area (Å²) in [7, 11) is 0. The van der Waals surface area contributed by atoms with Crippen molar-refractivity contribution in [1.82, 2.24) is 14.8 Å². The van der Waals surface area contributed by atoms with Gasteiger partial charge < -0.3 is 9.47 Å². The second-order valence-corrected chi connectivity index (χ2v) is 5.24. The van der Waals surface area contributed by atoms with Crippen molar-refractivity contribution < 1.29 is 9.47 Å². The third-order valence-electron chi connectivity index (χ3n) is 3.28. The number of hydrogen-bond donors (Lipinski definition) is 0. The summed E-state index contributed by atoms with van der Waals surface area (Å²) in [4.78, 5) is 3.98. The minimum atomic E-state index is -0.587. The van der Waals surface area contributed by atoms with Crippen LogP contribution in [0.15, 0.2) is 43.0 Å². The Labute approximate surface area is 112 Å². The van der Waals surface area contributed by atoms with Crippen molar-refractivity contribution in [3.05, 3.63) is 48.5 Å². The molecule has 1 atom stereocenters. The van der Waals surface area contributed by atoms with E-state index < -0.39 is 11.4 Å². The fourth-order valence-electron chi connectivity index (χ4n) is 2.45. The molecule has 100 valence electrons. The van der Waals surface area contributed by atoms with E-state index >= 15 is 0 Å². The number of aromatic nitrogens is 3. The van der Waals surface area contributed by atoms with Crippen LogP contribution in [0.1, 0.15) is 19.4 Å². The zero-order valence-corrected chi connectivity index (χ0v) is 11.1. The highest BCUT2D eigenvalue weighted by Crippen LogP contribution is 2.39. The Bertz CT molecular complexity index is 539. The van der Waals surface area contributed by atoms with Gasteiger partial charge in [-0.2, -0.15) is 5.10 Å². The molecule has 0 amide bonds. The summed E-state index contributed by atoms with van der Waals surface area (Å²) in [5.74, 6) is -0.587. The summed E-state index contributed by atoms with van der Waals surface area (Å²) in [6.07, 6.45) is 3.22. The van der Waals surface area contributed by atoms with Crippen LogP contribution in [-0.4, -0.2) is 27.2 Å². The third kappa shape index (κ3) is 2.39. The maximum absolute atomic E-state index is 6.18. The SMILES string of the molecule is CC1(C)OCC(Cn2cncn2)(c2ccccc2)O1. The van der Waals surface area contributed by atoms with Crippen molar-refractivity contribution in [2.45, 2.75) is 31.8 Å². The molecule has 2 aromatic rings. The predicted molar refractivity (Wildman–Crippen MR) is 69.3 cm³/mol. The van der Waals surface area contributed by atoms with E-state index in [0.29, 0.717) is 13.2 Å². The molecule has 0 bridgehead atoms. The van der Waals surface area contributed by atoms with Gasteiger partial charge in [0.15, 0.2) is 5.79 Å². The van der Waals surface area contributed by atoms with Gasteiger partial charge in [-0.05, 0) is 19.4 Å². The molecule has 0 aliphatic carbocycles. The molecular weight excluding hydrogens is 242 g/mol. The van der Waals surface area contributed by atoms with Crippen LogP contribution >= 0.6 is 0 Å². The largest absolute Gasteiger partial charge is 0.347 e. The first-order chi connectivity index (χ1) is 9.10. The molecule has 1 aromatic heterocycles. The van der Waals surface area contributed by atoms with Gasteiger partial charge in [-0.15, -0.1) is 0 Å². The minimum absolute atomic E-state index is 0.504. The molecule has 0 saturated carbocycles. The topological polar surface area (TPSA) is 49.2 Å². The molecular formula is C14H17N3O2. The molecule has 1 aliphatic rings. The lowest BCUT2D eigenvalue weighted by atomic mass is 9.94. The van der Waals surface area contributed by atoms with Crippen LogP contribution in [0, 0.1) is 0 Å². The van der Waals surface area contributed by atoms with Gasteiger partial charge in [-0.3, -0.25) is 0 Å². The summed E-state index contributed by atoms with van der Waals surface area (Å²) >= 11 is 0. The maximum Gasteiger partial charge on any atom is 0.164 e. The molecule has 3 rings (SSSR count). The molecule has 1 aliphatic heterocycles. The lowest BCUT2D eigenvalue weighted by Gasteiger charge is -2.29. The number of hydrogen-bond acceptors (Lipinski definition) is 4. The quantitative estimate of drug-likeness (QED) is 0.845. The average Bonchev–Trinajstić information content (AvgIpc) is 3.00. The summed E-state index contributed by atoms with van der Waals surface area (Å²) in [5, 5.41) is 4.17. The van der Waals surface area contributed by atoms with Gasteiger partial charge in [-0.25, -0.2) is 9.67 Å². The molecule has 5 heteroatoms. The predicted octanol–water partition coefficient (Wildman–Crippen LogP) is 1.96. The van der Waals surface area contributed by atoms with E-state index in [1.54, 1.807) is 11.0 Å². The molecule has 1 aromatic carbocycles. The first kappa shape index (κ1) is 12.3. The van der Waals surface area contributed by atoms with Crippen molar-refractivity contribution in [3.63, 3.8) is 0 Å². The molecule has 0 spiro atoms. The highest BCUT2D eigenvalue weighted by atomic mass is 16.8. The Balaban J connectivity index is 1.97. The van der Waals surface area contributed by atoms with E-state index in [0.717, 1.165) is 5.56 Å². The van der Waals surface area contributed by atoms with Crippen LogP contribution in [0.25, 0.3) is 0 Å².